The predicted octanol–water partition coefficient (Wildman–Crippen LogP) is 1.62. The van der Waals surface area contributed by atoms with Gasteiger partial charge in [-0.25, -0.2) is 9.59 Å². The molecule has 0 aliphatic carbocycles. The van der Waals surface area contributed by atoms with Crippen molar-refractivity contribution in [2.24, 2.45) is 0 Å². The molecule has 23 heavy (non-hydrogen) atoms. The van der Waals surface area contributed by atoms with E-state index in [0.29, 0.717) is 30.5 Å². The van der Waals surface area contributed by atoms with Crippen molar-refractivity contribution in [3.63, 3.8) is 0 Å². The highest BCUT2D eigenvalue weighted by atomic mass is 16.6. The number of aryl methyl sites for hydroxylation is 1. The molecule has 7 heteroatoms. The second-order valence-corrected chi connectivity index (χ2v) is 5.55. The largest absolute Gasteiger partial charge is 0.460 e. The number of carbonyl (C=O) groups is 2. The molecule has 1 aromatic heterocycles. The topological polar surface area (TPSA) is 87.7 Å². The van der Waals surface area contributed by atoms with Gasteiger partial charge >= 0.3 is 17.7 Å². The molecule has 1 aliphatic heterocycles. The highest BCUT2D eigenvalue weighted by Gasteiger charge is 2.34. The number of benzene rings is 1. The summed E-state index contributed by atoms with van der Waals surface area (Å²) in [4.78, 5) is 35.0. The SMILES string of the molecule is C[C@H]1C[C@@H](OC(=O)CCCn2c(=O)oc3ccccc32)C(=O)O1. The number of hydrogen-bond donors (Lipinski definition) is 0. The molecule has 0 spiro atoms. The number of aromatic nitrogens is 1. The van der Waals surface area contributed by atoms with Crippen LogP contribution in [0.4, 0.5) is 0 Å². The first-order valence-corrected chi connectivity index (χ1v) is 7.53. The highest BCUT2D eigenvalue weighted by Crippen LogP contribution is 2.18. The lowest BCUT2D eigenvalue weighted by molar-refractivity contribution is -0.160. The number of ether oxygens (including phenoxy) is 2. The molecular formula is C16H17NO6. The van der Waals surface area contributed by atoms with Gasteiger partial charge in [0.1, 0.15) is 6.10 Å². The summed E-state index contributed by atoms with van der Waals surface area (Å²) < 4.78 is 16.6. The van der Waals surface area contributed by atoms with Gasteiger partial charge in [-0.2, -0.15) is 0 Å². The maximum Gasteiger partial charge on any atom is 0.419 e. The fraction of sp³-hybridized carbons (Fsp3) is 0.438. The number of fused-ring (bicyclic) bond motifs is 1. The average Bonchev–Trinajstić information content (AvgIpc) is 2.98. The van der Waals surface area contributed by atoms with Gasteiger partial charge in [0.2, 0.25) is 6.10 Å². The van der Waals surface area contributed by atoms with E-state index in [1.807, 2.05) is 6.07 Å². The minimum Gasteiger partial charge on any atom is -0.460 e. The molecule has 0 unspecified atom stereocenters. The molecule has 1 saturated heterocycles. The summed E-state index contributed by atoms with van der Waals surface area (Å²) in [6, 6.07) is 7.10. The van der Waals surface area contributed by atoms with E-state index in [1.54, 1.807) is 25.1 Å². The fourth-order valence-corrected chi connectivity index (χ4v) is 2.64. The number of oxazole rings is 1. The first-order valence-electron chi connectivity index (χ1n) is 7.53. The Kier molecular flexibility index (Phi) is 4.18. The van der Waals surface area contributed by atoms with E-state index in [9.17, 15) is 14.4 Å². The molecule has 0 bridgehead atoms. The number of rotatable bonds is 5. The van der Waals surface area contributed by atoms with E-state index in [1.165, 1.54) is 4.57 Å². The van der Waals surface area contributed by atoms with Crippen molar-refractivity contribution in [3.05, 3.63) is 34.8 Å². The first-order chi connectivity index (χ1) is 11.0. The number of para-hydroxylation sites is 2. The Balaban J connectivity index is 1.55. The van der Waals surface area contributed by atoms with Crippen LogP contribution in [0, 0.1) is 0 Å². The second-order valence-electron chi connectivity index (χ2n) is 5.55. The summed E-state index contributed by atoms with van der Waals surface area (Å²) >= 11 is 0. The van der Waals surface area contributed by atoms with Crippen LogP contribution in [-0.4, -0.2) is 28.7 Å². The molecule has 2 heterocycles. The lowest BCUT2D eigenvalue weighted by Crippen LogP contribution is -2.23. The van der Waals surface area contributed by atoms with Gasteiger partial charge in [0.25, 0.3) is 0 Å². The summed E-state index contributed by atoms with van der Waals surface area (Å²) in [5, 5.41) is 0. The van der Waals surface area contributed by atoms with E-state index in [0.717, 1.165) is 0 Å². The molecule has 0 amide bonds. The van der Waals surface area contributed by atoms with E-state index >= 15 is 0 Å². The normalized spacial score (nSPS) is 20.7. The smallest absolute Gasteiger partial charge is 0.419 e. The molecule has 3 rings (SSSR count). The van der Waals surface area contributed by atoms with Gasteiger partial charge in [0, 0.05) is 19.4 Å². The summed E-state index contributed by atoms with van der Waals surface area (Å²) in [5.41, 5.74) is 1.21. The Bertz CT molecular complexity index is 789. The maximum atomic E-state index is 11.8. The van der Waals surface area contributed by atoms with Gasteiger partial charge in [0.05, 0.1) is 5.52 Å². The average molecular weight is 319 g/mol. The van der Waals surface area contributed by atoms with Crippen LogP contribution in [0.3, 0.4) is 0 Å². The van der Waals surface area contributed by atoms with Crippen molar-refractivity contribution in [1.82, 2.24) is 4.57 Å². The van der Waals surface area contributed by atoms with Gasteiger partial charge in [-0.15, -0.1) is 0 Å². The Morgan fingerprint density at radius 2 is 2.13 bits per heavy atom. The number of esters is 2. The fourth-order valence-electron chi connectivity index (χ4n) is 2.64. The molecule has 2 aromatic rings. The van der Waals surface area contributed by atoms with E-state index in [2.05, 4.69) is 0 Å². The van der Waals surface area contributed by atoms with Crippen LogP contribution in [0.1, 0.15) is 26.2 Å². The molecule has 0 saturated carbocycles. The zero-order valence-corrected chi connectivity index (χ0v) is 12.7. The Hall–Kier alpha value is -2.57. The molecule has 1 fully saturated rings. The van der Waals surface area contributed by atoms with E-state index in [-0.39, 0.29) is 12.5 Å². The molecular weight excluding hydrogens is 302 g/mol. The highest BCUT2D eigenvalue weighted by molar-refractivity contribution is 5.81. The van der Waals surface area contributed by atoms with Crippen molar-refractivity contribution >= 4 is 23.0 Å². The van der Waals surface area contributed by atoms with Gasteiger partial charge in [-0.05, 0) is 25.5 Å². The van der Waals surface area contributed by atoms with Crippen LogP contribution in [0.2, 0.25) is 0 Å². The summed E-state index contributed by atoms with van der Waals surface area (Å²) in [6.07, 6.45) is -0.119. The molecule has 7 nitrogen and oxygen atoms in total. The van der Waals surface area contributed by atoms with Crippen molar-refractivity contribution in [2.75, 3.05) is 0 Å². The Labute approximate surface area is 131 Å². The van der Waals surface area contributed by atoms with Gasteiger partial charge in [0.15, 0.2) is 5.58 Å². The second kappa shape index (κ2) is 6.28. The molecule has 0 N–H and O–H groups in total. The summed E-state index contributed by atoms with van der Waals surface area (Å²) in [7, 11) is 0. The summed E-state index contributed by atoms with van der Waals surface area (Å²) in [6.45, 7) is 2.10. The number of hydrogen-bond acceptors (Lipinski definition) is 6. The van der Waals surface area contributed by atoms with Gasteiger partial charge in [-0.1, -0.05) is 12.1 Å². The molecule has 0 radical (unpaired) electrons. The minimum absolute atomic E-state index is 0.115. The van der Waals surface area contributed by atoms with Crippen molar-refractivity contribution in [1.29, 1.82) is 0 Å². The van der Waals surface area contributed by atoms with Crippen molar-refractivity contribution < 1.29 is 23.5 Å². The minimum atomic E-state index is -0.810. The van der Waals surface area contributed by atoms with Gasteiger partial charge in [-0.3, -0.25) is 9.36 Å². The lowest BCUT2D eigenvalue weighted by atomic mass is 10.2. The standard InChI is InChI=1S/C16H17NO6/c1-10-9-13(15(19)21-10)22-14(18)7-4-8-17-11-5-2-3-6-12(11)23-16(17)20/h2-3,5-6,10,13H,4,7-9H2,1H3/t10-,13+/m0/s1. The van der Waals surface area contributed by atoms with Crippen LogP contribution >= 0.6 is 0 Å². The van der Waals surface area contributed by atoms with E-state index < -0.39 is 23.8 Å². The van der Waals surface area contributed by atoms with Crippen LogP contribution in [0.25, 0.3) is 11.1 Å². The van der Waals surface area contributed by atoms with E-state index in [4.69, 9.17) is 13.9 Å². The molecule has 1 aliphatic rings. The van der Waals surface area contributed by atoms with Crippen LogP contribution < -0.4 is 5.76 Å². The van der Waals surface area contributed by atoms with Crippen LogP contribution in [-0.2, 0) is 25.6 Å². The third-order valence-corrected chi connectivity index (χ3v) is 3.74. The Morgan fingerprint density at radius 1 is 1.35 bits per heavy atom. The monoisotopic (exact) mass is 319 g/mol. The van der Waals surface area contributed by atoms with Gasteiger partial charge < -0.3 is 13.9 Å². The third-order valence-electron chi connectivity index (χ3n) is 3.74. The zero-order chi connectivity index (χ0) is 16.4. The van der Waals surface area contributed by atoms with Crippen LogP contribution in [0.15, 0.2) is 33.5 Å². The first kappa shape index (κ1) is 15.3. The number of carbonyl (C=O) groups excluding carboxylic acids is 2. The Morgan fingerprint density at radius 3 is 2.87 bits per heavy atom. The molecule has 2 atom stereocenters. The lowest BCUT2D eigenvalue weighted by Gasteiger charge is -2.08. The van der Waals surface area contributed by atoms with Crippen molar-refractivity contribution in [3.8, 4) is 0 Å². The maximum absolute atomic E-state index is 11.8. The summed E-state index contributed by atoms with van der Waals surface area (Å²) in [5.74, 6) is -1.42. The van der Waals surface area contributed by atoms with Crippen LogP contribution in [0.5, 0.6) is 0 Å². The predicted molar refractivity (Wildman–Crippen MR) is 79.8 cm³/mol. The zero-order valence-electron chi connectivity index (χ0n) is 12.7. The quantitative estimate of drug-likeness (QED) is 0.778. The molecule has 122 valence electrons. The third kappa shape index (κ3) is 3.28. The van der Waals surface area contributed by atoms with Crippen molar-refractivity contribution in [2.45, 2.75) is 44.9 Å². The molecule has 1 aromatic carbocycles. The number of cyclic esters (lactones) is 1. The number of nitrogens with zero attached hydrogens (tertiary/aromatic N) is 1.